The third-order valence-corrected chi connectivity index (χ3v) is 1.77. The first-order valence-corrected chi connectivity index (χ1v) is 4.21. The third kappa shape index (κ3) is 2.08. The Morgan fingerprint density at radius 1 is 1.23 bits per heavy atom. The van der Waals surface area contributed by atoms with Crippen molar-refractivity contribution in [1.29, 1.82) is 0 Å². The minimum absolute atomic E-state index is 0.0902. The summed E-state index contributed by atoms with van der Waals surface area (Å²) in [4.78, 5) is 4.02. The lowest BCUT2D eigenvalue weighted by Gasteiger charge is -2.17. The Morgan fingerprint density at radius 3 is 2.77 bits per heavy atom. The van der Waals surface area contributed by atoms with Crippen LogP contribution < -0.4 is 10.6 Å². The Hall–Kier alpha value is -1.77. The summed E-state index contributed by atoms with van der Waals surface area (Å²) in [6.07, 6.45) is 5.46. The van der Waals surface area contributed by atoms with Crippen LogP contribution in [0.5, 0.6) is 0 Å². The van der Waals surface area contributed by atoms with Crippen LogP contribution in [0.3, 0.4) is 0 Å². The molecule has 1 aliphatic rings. The molecule has 1 aromatic rings. The van der Waals surface area contributed by atoms with Gasteiger partial charge in [-0.25, -0.2) is 0 Å². The Morgan fingerprint density at radius 2 is 2.08 bits per heavy atom. The van der Waals surface area contributed by atoms with Gasteiger partial charge in [-0.2, -0.15) is 0 Å². The van der Waals surface area contributed by atoms with Crippen LogP contribution in [0.4, 0.5) is 5.69 Å². The van der Waals surface area contributed by atoms with Gasteiger partial charge in [0.05, 0.1) is 0 Å². The summed E-state index contributed by atoms with van der Waals surface area (Å²) >= 11 is 0. The average molecular weight is 173 g/mol. The average Bonchev–Trinajstić information content (AvgIpc) is 2.21. The van der Waals surface area contributed by atoms with E-state index in [9.17, 15) is 0 Å². The Bertz CT molecular complexity index is 316. The molecule has 1 atom stereocenters. The molecule has 2 N–H and O–H groups in total. The number of hydrogen-bond acceptors (Lipinski definition) is 3. The molecule has 0 saturated heterocycles. The summed E-state index contributed by atoms with van der Waals surface area (Å²) in [6, 6.07) is 10.0. The fraction of sp³-hybridized carbons (Fsp3) is 0.100. The van der Waals surface area contributed by atoms with E-state index in [0.29, 0.717) is 0 Å². The van der Waals surface area contributed by atoms with Gasteiger partial charge in [0, 0.05) is 24.3 Å². The summed E-state index contributed by atoms with van der Waals surface area (Å²) < 4.78 is 0. The standard InChI is InChI=1S/C10H11N3/c1-2-4-9(5-3-1)13-10-8-11-6-7-12-10/h1-8,10,12-13H. The van der Waals surface area contributed by atoms with E-state index in [2.05, 4.69) is 15.6 Å². The molecule has 1 heterocycles. The van der Waals surface area contributed by atoms with Crippen LogP contribution >= 0.6 is 0 Å². The Balaban J connectivity index is 1.99. The van der Waals surface area contributed by atoms with Gasteiger partial charge in [0.1, 0.15) is 6.17 Å². The van der Waals surface area contributed by atoms with Gasteiger partial charge in [-0.05, 0) is 12.1 Å². The zero-order valence-electron chi connectivity index (χ0n) is 7.14. The summed E-state index contributed by atoms with van der Waals surface area (Å²) in [6.45, 7) is 0. The van der Waals surface area contributed by atoms with Crippen molar-refractivity contribution in [2.24, 2.45) is 4.99 Å². The van der Waals surface area contributed by atoms with Crippen LogP contribution in [-0.2, 0) is 0 Å². The van der Waals surface area contributed by atoms with Gasteiger partial charge in [-0.1, -0.05) is 18.2 Å². The molecule has 1 aromatic carbocycles. The van der Waals surface area contributed by atoms with Crippen LogP contribution in [-0.4, -0.2) is 12.4 Å². The molecular weight excluding hydrogens is 162 g/mol. The zero-order valence-corrected chi connectivity index (χ0v) is 7.14. The Kier molecular flexibility index (Phi) is 2.27. The number of nitrogens with one attached hydrogen (secondary N) is 2. The van der Waals surface area contributed by atoms with E-state index in [0.717, 1.165) is 5.69 Å². The predicted octanol–water partition coefficient (Wildman–Crippen LogP) is 1.57. The molecule has 3 nitrogen and oxygen atoms in total. The van der Waals surface area contributed by atoms with E-state index in [-0.39, 0.29) is 6.17 Å². The lowest BCUT2D eigenvalue weighted by Crippen LogP contribution is -2.35. The number of benzene rings is 1. The van der Waals surface area contributed by atoms with Gasteiger partial charge in [0.15, 0.2) is 0 Å². The van der Waals surface area contributed by atoms with E-state index >= 15 is 0 Å². The summed E-state index contributed by atoms with van der Waals surface area (Å²) in [7, 11) is 0. The quantitative estimate of drug-likeness (QED) is 0.712. The number of anilines is 1. The fourth-order valence-corrected chi connectivity index (χ4v) is 1.16. The third-order valence-electron chi connectivity index (χ3n) is 1.77. The van der Waals surface area contributed by atoms with Crippen molar-refractivity contribution in [3.63, 3.8) is 0 Å². The SMILES string of the molecule is C1=CNC(Nc2ccccc2)C=N1. The molecule has 66 valence electrons. The maximum absolute atomic E-state index is 4.02. The largest absolute Gasteiger partial charge is 0.366 e. The van der Waals surface area contributed by atoms with E-state index in [1.165, 1.54) is 0 Å². The first-order valence-electron chi connectivity index (χ1n) is 4.21. The van der Waals surface area contributed by atoms with Crippen molar-refractivity contribution < 1.29 is 0 Å². The van der Waals surface area contributed by atoms with Crippen LogP contribution in [0.2, 0.25) is 0 Å². The molecule has 3 heteroatoms. The molecule has 0 aromatic heterocycles. The first kappa shape index (κ1) is 7.86. The number of para-hydroxylation sites is 1. The molecule has 0 saturated carbocycles. The van der Waals surface area contributed by atoms with E-state index in [1.807, 2.05) is 42.7 Å². The maximum atomic E-state index is 4.02. The Labute approximate surface area is 77.2 Å². The normalized spacial score (nSPS) is 19.5. The molecule has 0 radical (unpaired) electrons. The molecule has 1 aliphatic heterocycles. The van der Waals surface area contributed by atoms with Crippen molar-refractivity contribution in [2.75, 3.05) is 5.32 Å². The first-order chi connectivity index (χ1) is 6.45. The fourth-order valence-electron chi connectivity index (χ4n) is 1.16. The van der Waals surface area contributed by atoms with Gasteiger partial charge < -0.3 is 10.6 Å². The second kappa shape index (κ2) is 3.76. The summed E-state index contributed by atoms with van der Waals surface area (Å²) in [5.74, 6) is 0. The van der Waals surface area contributed by atoms with E-state index in [4.69, 9.17) is 0 Å². The number of nitrogens with zero attached hydrogens (tertiary/aromatic N) is 1. The second-order valence-corrected chi connectivity index (χ2v) is 2.77. The molecule has 1 unspecified atom stereocenters. The number of hydrogen-bond donors (Lipinski definition) is 2. The summed E-state index contributed by atoms with van der Waals surface area (Å²) in [5.41, 5.74) is 1.08. The lowest BCUT2D eigenvalue weighted by molar-refractivity contribution is 0.820. The second-order valence-electron chi connectivity index (χ2n) is 2.77. The molecule has 0 fully saturated rings. The molecular formula is C10H11N3. The predicted molar refractivity (Wildman–Crippen MR) is 54.6 cm³/mol. The highest BCUT2D eigenvalue weighted by molar-refractivity contribution is 5.70. The van der Waals surface area contributed by atoms with Gasteiger partial charge in [0.2, 0.25) is 0 Å². The maximum Gasteiger partial charge on any atom is 0.133 e. The molecule has 0 spiro atoms. The highest BCUT2D eigenvalue weighted by atomic mass is 15.1. The van der Waals surface area contributed by atoms with Crippen molar-refractivity contribution in [2.45, 2.75) is 6.17 Å². The van der Waals surface area contributed by atoms with Crippen molar-refractivity contribution in [3.8, 4) is 0 Å². The smallest absolute Gasteiger partial charge is 0.133 e. The number of aliphatic imine (C=N–C) groups is 1. The van der Waals surface area contributed by atoms with Gasteiger partial charge in [0.25, 0.3) is 0 Å². The lowest BCUT2D eigenvalue weighted by atomic mass is 10.3. The van der Waals surface area contributed by atoms with Gasteiger partial charge in [-0.3, -0.25) is 4.99 Å². The number of rotatable bonds is 2. The van der Waals surface area contributed by atoms with Crippen LogP contribution in [0, 0.1) is 0 Å². The van der Waals surface area contributed by atoms with Crippen LogP contribution in [0.15, 0.2) is 47.7 Å². The molecule has 2 rings (SSSR count). The monoisotopic (exact) mass is 173 g/mol. The van der Waals surface area contributed by atoms with Gasteiger partial charge in [-0.15, -0.1) is 0 Å². The highest BCUT2D eigenvalue weighted by Crippen LogP contribution is 2.05. The van der Waals surface area contributed by atoms with Crippen LogP contribution in [0.1, 0.15) is 0 Å². The molecule has 0 bridgehead atoms. The molecule has 13 heavy (non-hydrogen) atoms. The highest BCUT2D eigenvalue weighted by Gasteiger charge is 2.02. The van der Waals surface area contributed by atoms with E-state index < -0.39 is 0 Å². The van der Waals surface area contributed by atoms with Crippen LogP contribution in [0.25, 0.3) is 0 Å². The topological polar surface area (TPSA) is 36.4 Å². The van der Waals surface area contributed by atoms with Crippen molar-refractivity contribution in [3.05, 3.63) is 42.7 Å². The molecule has 0 aliphatic carbocycles. The minimum atomic E-state index is 0.0902. The van der Waals surface area contributed by atoms with Crippen molar-refractivity contribution >= 4 is 11.9 Å². The zero-order chi connectivity index (χ0) is 8.93. The minimum Gasteiger partial charge on any atom is -0.366 e. The van der Waals surface area contributed by atoms with Crippen molar-refractivity contribution in [1.82, 2.24) is 5.32 Å². The summed E-state index contributed by atoms with van der Waals surface area (Å²) in [5, 5.41) is 6.40. The van der Waals surface area contributed by atoms with E-state index in [1.54, 1.807) is 6.20 Å². The molecule has 0 amide bonds. The van der Waals surface area contributed by atoms with Gasteiger partial charge >= 0.3 is 0 Å².